The maximum Gasteiger partial charge on any atom is 0.271 e. The SMILES string of the molecule is O=C(NC(c1ccccc1)c1nc2ccc([N+](=O)[O-])cc2[nH]1)c1cccc2ccccc12. The number of amides is 1. The Labute approximate surface area is 182 Å². The van der Waals surface area contributed by atoms with Crippen LogP contribution >= 0.6 is 0 Å². The lowest BCUT2D eigenvalue weighted by Crippen LogP contribution is -2.30. The van der Waals surface area contributed by atoms with Crippen molar-refractivity contribution in [2.75, 3.05) is 0 Å². The fourth-order valence-corrected chi connectivity index (χ4v) is 3.85. The first-order valence-corrected chi connectivity index (χ1v) is 10.1. The number of carbonyl (C=O) groups excluding carboxylic acids is 1. The monoisotopic (exact) mass is 422 g/mol. The summed E-state index contributed by atoms with van der Waals surface area (Å²) < 4.78 is 0. The van der Waals surface area contributed by atoms with Gasteiger partial charge in [0.05, 0.1) is 16.0 Å². The molecule has 2 N–H and O–H groups in total. The van der Waals surface area contributed by atoms with Crippen molar-refractivity contribution in [3.8, 4) is 0 Å². The van der Waals surface area contributed by atoms with Crippen molar-refractivity contribution >= 4 is 33.4 Å². The molecule has 4 aromatic carbocycles. The van der Waals surface area contributed by atoms with Crippen molar-refractivity contribution in [3.05, 3.63) is 118 Å². The highest BCUT2D eigenvalue weighted by Gasteiger charge is 2.22. The lowest BCUT2D eigenvalue weighted by atomic mass is 10.0. The van der Waals surface area contributed by atoms with E-state index < -0.39 is 11.0 Å². The van der Waals surface area contributed by atoms with Gasteiger partial charge in [0.1, 0.15) is 11.9 Å². The quantitative estimate of drug-likeness (QED) is 0.302. The number of rotatable bonds is 5. The average Bonchev–Trinajstić information content (AvgIpc) is 3.25. The molecule has 1 atom stereocenters. The van der Waals surface area contributed by atoms with E-state index in [0.717, 1.165) is 16.3 Å². The van der Waals surface area contributed by atoms with Crippen LogP contribution in [0, 0.1) is 10.1 Å². The van der Waals surface area contributed by atoms with Crippen LogP contribution in [-0.2, 0) is 0 Å². The van der Waals surface area contributed by atoms with E-state index in [0.29, 0.717) is 22.4 Å². The Morgan fingerprint density at radius 3 is 2.50 bits per heavy atom. The molecule has 0 radical (unpaired) electrons. The van der Waals surface area contributed by atoms with Crippen LogP contribution in [0.25, 0.3) is 21.8 Å². The van der Waals surface area contributed by atoms with Crippen molar-refractivity contribution < 1.29 is 9.72 Å². The van der Waals surface area contributed by atoms with Gasteiger partial charge in [0.2, 0.25) is 0 Å². The third-order valence-electron chi connectivity index (χ3n) is 5.41. The molecular formula is C25H18N4O3. The number of fused-ring (bicyclic) bond motifs is 2. The van der Waals surface area contributed by atoms with Crippen LogP contribution in [-0.4, -0.2) is 20.8 Å². The molecule has 156 valence electrons. The van der Waals surface area contributed by atoms with Crippen LogP contribution in [0.3, 0.4) is 0 Å². The molecule has 7 nitrogen and oxygen atoms in total. The highest BCUT2D eigenvalue weighted by atomic mass is 16.6. The minimum atomic E-state index is -0.561. The fourth-order valence-electron chi connectivity index (χ4n) is 3.85. The molecule has 0 spiro atoms. The highest BCUT2D eigenvalue weighted by molar-refractivity contribution is 6.07. The molecule has 0 saturated carbocycles. The van der Waals surface area contributed by atoms with Gasteiger partial charge in [-0.3, -0.25) is 14.9 Å². The Morgan fingerprint density at radius 2 is 1.69 bits per heavy atom. The third-order valence-corrected chi connectivity index (χ3v) is 5.41. The first-order chi connectivity index (χ1) is 15.6. The van der Waals surface area contributed by atoms with Gasteiger partial charge in [-0.2, -0.15) is 0 Å². The number of aromatic amines is 1. The fraction of sp³-hybridized carbons (Fsp3) is 0.0400. The first kappa shape index (κ1) is 19.4. The van der Waals surface area contributed by atoms with Gasteiger partial charge in [-0.25, -0.2) is 4.98 Å². The van der Waals surface area contributed by atoms with Gasteiger partial charge in [-0.15, -0.1) is 0 Å². The molecule has 0 fully saturated rings. The largest absolute Gasteiger partial charge is 0.340 e. The first-order valence-electron chi connectivity index (χ1n) is 10.1. The number of nitro benzene ring substituents is 1. The number of nitrogens with one attached hydrogen (secondary N) is 2. The number of benzene rings is 4. The smallest absolute Gasteiger partial charge is 0.271 e. The van der Waals surface area contributed by atoms with Gasteiger partial charge in [0.25, 0.3) is 11.6 Å². The summed E-state index contributed by atoms with van der Waals surface area (Å²) in [5.41, 5.74) is 2.51. The second-order valence-corrected chi connectivity index (χ2v) is 7.42. The van der Waals surface area contributed by atoms with E-state index in [1.165, 1.54) is 12.1 Å². The standard InChI is InChI=1S/C25H18N4O3/c30-25(20-12-6-10-16-7-4-5-11-19(16)20)28-23(17-8-2-1-3-9-17)24-26-21-14-13-18(29(31)32)15-22(21)27-24/h1-15,23H,(H,26,27)(H,28,30). The van der Waals surface area contributed by atoms with Crippen LogP contribution in [0.5, 0.6) is 0 Å². The molecule has 0 bridgehead atoms. The number of nitro groups is 1. The van der Waals surface area contributed by atoms with Gasteiger partial charge < -0.3 is 10.3 Å². The molecule has 1 unspecified atom stereocenters. The number of imidazole rings is 1. The second kappa shape index (κ2) is 7.96. The maximum absolute atomic E-state index is 13.3. The number of hydrogen-bond donors (Lipinski definition) is 2. The Bertz CT molecular complexity index is 1460. The summed E-state index contributed by atoms with van der Waals surface area (Å²) in [7, 11) is 0. The summed E-state index contributed by atoms with van der Waals surface area (Å²) in [6.45, 7) is 0. The Kier molecular flexibility index (Phi) is 4.84. The van der Waals surface area contributed by atoms with E-state index >= 15 is 0 Å². The van der Waals surface area contributed by atoms with E-state index in [1.807, 2.05) is 66.7 Å². The topological polar surface area (TPSA) is 101 Å². The van der Waals surface area contributed by atoms with Crippen LogP contribution < -0.4 is 5.32 Å². The number of hydrogen-bond acceptors (Lipinski definition) is 4. The zero-order valence-electron chi connectivity index (χ0n) is 16.9. The summed E-state index contributed by atoms with van der Waals surface area (Å²) in [6.07, 6.45) is 0. The van der Waals surface area contributed by atoms with Crippen molar-refractivity contribution in [1.29, 1.82) is 0 Å². The molecular weight excluding hydrogens is 404 g/mol. The zero-order valence-corrected chi connectivity index (χ0v) is 16.9. The Balaban J connectivity index is 1.57. The minimum Gasteiger partial charge on any atom is -0.340 e. The lowest BCUT2D eigenvalue weighted by Gasteiger charge is -2.18. The van der Waals surface area contributed by atoms with E-state index in [9.17, 15) is 14.9 Å². The molecule has 1 amide bonds. The van der Waals surface area contributed by atoms with Gasteiger partial charge >= 0.3 is 0 Å². The third kappa shape index (κ3) is 3.56. The van der Waals surface area contributed by atoms with E-state index in [-0.39, 0.29) is 11.6 Å². The highest BCUT2D eigenvalue weighted by Crippen LogP contribution is 2.26. The van der Waals surface area contributed by atoms with Crippen LogP contribution in [0.2, 0.25) is 0 Å². The molecule has 0 aliphatic carbocycles. The van der Waals surface area contributed by atoms with Gasteiger partial charge in [0.15, 0.2) is 0 Å². The maximum atomic E-state index is 13.3. The van der Waals surface area contributed by atoms with Gasteiger partial charge in [-0.05, 0) is 28.5 Å². The van der Waals surface area contributed by atoms with Crippen molar-refractivity contribution in [2.45, 2.75) is 6.04 Å². The molecule has 1 heterocycles. The van der Waals surface area contributed by atoms with Crippen molar-refractivity contribution in [2.24, 2.45) is 0 Å². The Morgan fingerprint density at radius 1 is 0.938 bits per heavy atom. The number of non-ortho nitro benzene ring substituents is 1. The zero-order chi connectivity index (χ0) is 22.1. The summed E-state index contributed by atoms with van der Waals surface area (Å²) in [6, 6.07) is 26.7. The predicted molar refractivity (Wildman–Crippen MR) is 122 cm³/mol. The minimum absolute atomic E-state index is 0.0243. The van der Waals surface area contributed by atoms with Crippen LogP contribution in [0.15, 0.2) is 91.0 Å². The molecule has 0 aliphatic heterocycles. The van der Waals surface area contributed by atoms with Crippen molar-refractivity contribution in [3.63, 3.8) is 0 Å². The molecule has 7 heteroatoms. The predicted octanol–water partition coefficient (Wildman–Crippen LogP) is 5.14. The lowest BCUT2D eigenvalue weighted by molar-refractivity contribution is -0.384. The van der Waals surface area contributed by atoms with Crippen molar-refractivity contribution in [1.82, 2.24) is 15.3 Å². The molecule has 32 heavy (non-hydrogen) atoms. The number of nitrogens with zero attached hydrogens (tertiary/aromatic N) is 2. The Hall–Kier alpha value is -4.52. The summed E-state index contributed by atoms with van der Waals surface area (Å²) in [4.78, 5) is 31.8. The summed E-state index contributed by atoms with van der Waals surface area (Å²) >= 11 is 0. The second-order valence-electron chi connectivity index (χ2n) is 7.42. The number of aromatic nitrogens is 2. The van der Waals surface area contributed by atoms with E-state index in [1.54, 1.807) is 12.1 Å². The normalized spacial score (nSPS) is 12.0. The molecule has 0 saturated heterocycles. The molecule has 0 aliphatic rings. The van der Waals surface area contributed by atoms with E-state index in [2.05, 4.69) is 15.3 Å². The van der Waals surface area contributed by atoms with Gasteiger partial charge in [-0.1, -0.05) is 66.7 Å². The summed E-state index contributed by atoms with van der Waals surface area (Å²) in [5.74, 6) is 0.266. The number of carbonyl (C=O) groups is 1. The average molecular weight is 422 g/mol. The molecule has 5 aromatic rings. The molecule has 5 rings (SSSR count). The number of H-pyrrole nitrogens is 1. The summed E-state index contributed by atoms with van der Waals surface area (Å²) in [5, 5.41) is 16.1. The van der Waals surface area contributed by atoms with Crippen LogP contribution in [0.1, 0.15) is 27.8 Å². The van der Waals surface area contributed by atoms with Gasteiger partial charge in [0, 0.05) is 17.7 Å². The molecule has 1 aromatic heterocycles. The van der Waals surface area contributed by atoms with Crippen LogP contribution in [0.4, 0.5) is 5.69 Å². The van der Waals surface area contributed by atoms with E-state index in [4.69, 9.17) is 0 Å².